The smallest absolute Gasteiger partial charge is 0.124 e. The van der Waals surface area contributed by atoms with Gasteiger partial charge in [0.25, 0.3) is 0 Å². The van der Waals surface area contributed by atoms with Crippen LogP contribution in [0.2, 0.25) is 0 Å². The van der Waals surface area contributed by atoms with Gasteiger partial charge in [-0.1, -0.05) is 6.07 Å². The van der Waals surface area contributed by atoms with E-state index in [4.69, 9.17) is 0 Å². The van der Waals surface area contributed by atoms with E-state index in [-0.39, 0.29) is 5.82 Å². The molecule has 1 saturated heterocycles. The van der Waals surface area contributed by atoms with Crippen molar-refractivity contribution in [3.8, 4) is 0 Å². The second kappa shape index (κ2) is 5.06. The Hall–Kier alpha value is -0.740. The van der Waals surface area contributed by atoms with Crippen LogP contribution in [0.4, 0.5) is 4.39 Å². The van der Waals surface area contributed by atoms with E-state index in [1.54, 1.807) is 12.3 Å². The Balaban J connectivity index is 2.34. The third-order valence-electron chi connectivity index (χ3n) is 3.06. The molecule has 0 aliphatic carbocycles. The molecule has 1 aromatic carbocycles. The Morgan fingerprint density at radius 3 is 2.69 bits per heavy atom. The molecule has 1 atom stereocenters. The summed E-state index contributed by atoms with van der Waals surface area (Å²) in [5.74, 6) is 0.114. The maximum absolute atomic E-state index is 13.1. The summed E-state index contributed by atoms with van der Waals surface area (Å²) in [6.07, 6.45) is 3.69. The van der Waals surface area contributed by atoms with E-state index in [2.05, 4.69) is 5.32 Å². The van der Waals surface area contributed by atoms with E-state index >= 15 is 0 Å². The normalized spacial score (nSPS) is 19.6. The summed E-state index contributed by atoms with van der Waals surface area (Å²) >= 11 is 0. The highest BCUT2D eigenvalue weighted by atomic mass is 32.2. The highest BCUT2D eigenvalue weighted by Crippen LogP contribution is 2.30. The van der Waals surface area contributed by atoms with Gasteiger partial charge >= 0.3 is 0 Å². The molecule has 1 heterocycles. The average molecular weight is 241 g/mol. The van der Waals surface area contributed by atoms with Crippen molar-refractivity contribution in [3.05, 3.63) is 29.6 Å². The lowest BCUT2D eigenvalue weighted by atomic mass is 9.90. The van der Waals surface area contributed by atoms with Gasteiger partial charge in [-0.3, -0.25) is 4.21 Å². The second-order valence-electron chi connectivity index (χ2n) is 4.16. The number of nitrogens with one attached hydrogen (secondary N) is 1. The summed E-state index contributed by atoms with van der Waals surface area (Å²) in [6.45, 7) is 1.97. The van der Waals surface area contributed by atoms with Crippen molar-refractivity contribution in [2.24, 2.45) is 0 Å². The number of piperidine rings is 1. The lowest BCUT2D eigenvalue weighted by Crippen LogP contribution is -2.27. The number of hydrogen-bond acceptors (Lipinski definition) is 2. The van der Waals surface area contributed by atoms with Crippen molar-refractivity contribution in [1.29, 1.82) is 0 Å². The molecule has 0 amide bonds. The van der Waals surface area contributed by atoms with Gasteiger partial charge in [-0.15, -0.1) is 0 Å². The van der Waals surface area contributed by atoms with Crippen LogP contribution in [-0.4, -0.2) is 23.6 Å². The van der Waals surface area contributed by atoms with E-state index in [9.17, 15) is 8.60 Å². The molecule has 4 heteroatoms. The standard InChI is InChI=1S/C12H16FNOS/c1-16(15)12-8-10(13)2-3-11(12)9-4-6-14-7-5-9/h2-3,8-9,14H,4-7H2,1H3/t16-/m0/s1. The van der Waals surface area contributed by atoms with Crippen LogP contribution in [0.1, 0.15) is 24.3 Å². The molecule has 1 N–H and O–H groups in total. The van der Waals surface area contributed by atoms with Gasteiger partial charge in [0.2, 0.25) is 0 Å². The van der Waals surface area contributed by atoms with E-state index in [0.29, 0.717) is 10.8 Å². The maximum atomic E-state index is 13.1. The lowest BCUT2D eigenvalue weighted by molar-refractivity contribution is 0.455. The molecule has 2 nitrogen and oxygen atoms in total. The van der Waals surface area contributed by atoms with Crippen molar-refractivity contribution in [3.63, 3.8) is 0 Å². The zero-order valence-electron chi connectivity index (χ0n) is 9.33. The van der Waals surface area contributed by atoms with Gasteiger partial charge < -0.3 is 5.32 Å². The summed E-state index contributed by atoms with van der Waals surface area (Å²) in [5, 5.41) is 3.29. The predicted octanol–water partition coefficient (Wildman–Crippen LogP) is 2.03. The molecule has 16 heavy (non-hydrogen) atoms. The monoisotopic (exact) mass is 241 g/mol. The Labute approximate surface area is 97.7 Å². The maximum Gasteiger partial charge on any atom is 0.124 e. The molecule has 0 saturated carbocycles. The van der Waals surface area contributed by atoms with Crippen LogP contribution in [-0.2, 0) is 10.8 Å². The first-order valence-electron chi connectivity index (χ1n) is 5.52. The highest BCUT2D eigenvalue weighted by Gasteiger charge is 2.19. The van der Waals surface area contributed by atoms with Crippen LogP contribution >= 0.6 is 0 Å². The minimum Gasteiger partial charge on any atom is -0.317 e. The van der Waals surface area contributed by atoms with Crippen LogP contribution in [0.25, 0.3) is 0 Å². The largest absolute Gasteiger partial charge is 0.317 e. The number of halogens is 1. The molecule has 88 valence electrons. The van der Waals surface area contributed by atoms with E-state index < -0.39 is 10.8 Å². The SMILES string of the molecule is C[S@](=O)c1cc(F)ccc1C1CCNCC1. The van der Waals surface area contributed by atoms with Gasteiger partial charge in [0.05, 0.1) is 10.8 Å². The Morgan fingerprint density at radius 1 is 1.38 bits per heavy atom. The molecule has 1 aliphatic heterocycles. The molecule has 2 rings (SSSR count). The van der Waals surface area contributed by atoms with Crippen LogP contribution < -0.4 is 5.32 Å². The molecule has 1 fully saturated rings. The van der Waals surface area contributed by atoms with E-state index in [1.165, 1.54) is 12.1 Å². The second-order valence-corrected chi connectivity index (χ2v) is 5.51. The molecule has 1 aliphatic rings. The van der Waals surface area contributed by atoms with E-state index in [1.807, 2.05) is 0 Å². The van der Waals surface area contributed by atoms with Gasteiger partial charge in [-0.2, -0.15) is 0 Å². The zero-order chi connectivity index (χ0) is 11.5. The molecule has 0 bridgehead atoms. The number of hydrogen-bond donors (Lipinski definition) is 1. The first-order chi connectivity index (χ1) is 7.68. The van der Waals surface area contributed by atoms with Crippen molar-refractivity contribution in [2.75, 3.05) is 19.3 Å². The van der Waals surface area contributed by atoms with Crippen LogP contribution in [0.3, 0.4) is 0 Å². The molecule has 1 aromatic rings. The van der Waals surface area contributed by atoms with Gasteiger partial charge in [-0.05, 0) is 49.5 Å². The quantitative estimate of drug-likeness (QED) is 0.858. The molecule has 0 spiro atoms. The van der Waals surface area contributed by atoms with Crippen LogP contribution in [0.15, 0.2) is 23.1 Å². The van der Waals surface area contributed by atoms with Gasteiger partial charge in [0, 0.05) is 11.2 Å². The lowest BCUT2D eigenvalue weighted by Gasteiger charge is -2.24. The fraction of sp³-hybridized carbons (Fsp3) is 0.500. The number of rotatable bonds is 2. The average Bonchev–Trinajstić information content (AvgIpc) is 2.30. The molecular weight excluding hydrogens is 225 g/mol. The summed E-state index contributed by atoms with van der Waals surface area (Å²) in [6, 6.07) is 4.67. The molecule has 0 aromatic heterocycles. The first-order valence-corrected chi connectivity index (χ1v) is 7.08. The van der Waals surface area contributed by atoms with E-state index in [0.717, 1.165) is 31.5 Å². The Bertz CT molecular complexity index is 402. The number of benzene rings is 1. The molecule has 0 unspecified atom stereocenters. The highest BCUT2D eigenvalue weighted by molar-refractivity contribution is 7.84. The summed E-state index contributed by atoms with van der Waals surface area (Å²) in [5.41, 5.74) is 1.06. The van der Waals surface area contributed by atoms with Crippen LogP contribution in [0.5, 0.6) is 0 Å². The third-order valence-corrected chi connectivity index (χ3v) is 4.04. The first kappa shape index (κ1) is 11.7. The summed E-state index contributed by atoms with van der Waals surface area (Å²) < 4.78 is 24.7. The fourth-order valence-electron chi connectivity index (χ4n) is 2.23. The zero-order valence-corrected chi connectivity index (χ0v) is 10.1. The summed E-state index contributed by atoms with van der Waals surface area (Å²) in [4.78, 5) is 0.659. The Morgan fingerprint density at radius 2 is 2.06 bits per heavy atom. The van der Waals surface area contributed by atoms with Crippen LogP contribution in [0, 0.1) is 5.82 Å². The predicted molar refractivity (Wildman–Crippen MR) is 63.6 cm³/mol. The van der Waals surface area contributed by atoms with Gasteiger partial charge in [-0.25, -0.2) is 4.39 Å². The van der Waals surface area contributed by atoms with Gasteiger partial charge in [0.1, 0.15) is 5.82 Å². The van der Waals surface area contributed by atoms with Crippen molar-refractivity contribution >= 4 is 10.8 Å². The summed E-state index contributed by atoms with van der Waals surface area (Å²) in [7, 11) is -1.11. The minimum absolute atomic E-state index is 0.303. The molecule has 0 radical (unpaired) electrons. The van der Waals surface area contributed by atoms with Crippen molar-refractivity contribution < 1.29 is 8.60 Å². The van der Waals surface area contributed by atoms with Gasteiger partial charge in [0.15, 0.2) is 0 Å². The van der Waals surface area contributed by atoms with Crippen molar-refractivity contribution in [2.45, 2.75) is 23.7 Å². The minimum atomic E-state index is -1.11. The van der Waals surface area contributed by atoms with Crippen molar-refractivity contribution in [1.82, 2.24) is 5.32 Å². The topological polar surface area (TPSA) is 29.1 Å². The molecular formula is C12H16FNOS. The fourth-order valence-corrected chi connectivity index (χ4v) is 3.07. The Kier molecular flexibility index (Phi) is 3.71. The third kappa shape index (κ3) is 2.50.